The van der Waals surface area contributed by atoms with Gasteiger partial charge in [0.15, 0.2) is 6.10 Å². The second-order valence-electron chi connectivity index (χ2n) is 8.00. The third-order valence-corrected chi connectivity index (χ3v) is 5.91. The number of hydrogen-bond acceptors (Lipinski definition) is 6. The molecule has 0 aliphatic carbocycles. The average molecular weight is 447 g/mol. The molecule has 2 amide bonds. The van der Waals surface area contributed by atoms with Crippen LogP contribution in [0, 0.1) is 28.8 Å². The first kappa shape index (κ1) is 20.8. The number of anilines is 2. The van der Waals surface area contributed by atoms with Crippen LogP contribution in [0.1, 0.15) is 17.2 Å². The number of non-ortho nitro benzene ring substituents is 1. The predicted molar refractivity (Wildman–Crippen MR) is 117 cm³/mol. The number of amides is 2. The van der Waals surface area contributed by atoms with Gasteiger partial charge in [0.1, 0.15) is 11.7 Å². The maximum atomic E-state index is 13.5. The molecule has 0 saturated carbocycles. The summed E-state index contributed by atoms with van der Waals surface area (Å²) in [6.45, 7) is 1.93. The number of aryl methyl sites for hydroxylation is 1. The summed E-state index contributed by atoms with van der Waals surface area (Å²) in [5.74, 6) is -2.41. The van der Waals surface area contributed by atoms with E-state index in [4.69, 9.17) is 4.84 Å². The fourth-order valence-electron chi connectivity index (χ4n) is 4.33. The van der Waals surface area contributed by atoms with Crippen LogP contribution in [0.15, 0.2) is 72.8 Å². The van der Waals surface area contributed by atoms with Gasteiger partial charge in [-0.3, -0.25) is 24.5 Å². The van der Waals surface area contributed by atoms with Gasteiger partial charge in [-0.1, -0.05) is 35.9 Å². The predicted octanol–water partition coefficient (Wildman–Crippen LogP) is 4.09. The van der Waals surface area contributed by atoms with Crippen molar-refractivity contribution in [2.45, 2.75) is 19.1 Å². The zero-order valence-corrected chi connectivity index (χ0v) is 17.4. The monoisotopic (exact) mass is 447 g/mol. The molecule has 0 unspecified atom stereocenters. The number of carbonyl (C=O) groups excluding carboxylic acids is 2. The van der Waals surface area contributed by atoms with Crippen molar-refractivity contribution in [3.8, 4) is 0 Å². The van der Waals surface area contributed by atoms with E-state index in [1.165, 1.54) is 47.5 Å². The Morgan fingerprint density at radius 1 is 0.939 bits per heavy atom. The largest absolute Gasteiger partial charge is 0.273 e. The van der Waals surface area contributed by atoms with E-state index in [9.17, 15) is 24.1 Å². The Bertz CT molecular complexity index is 1260. The van der Waals surface area contributed by atoms with Crippen molar-refractivity contribution in [3.05, 3.63) is 99.9 Å². The third kappa shape index (κ3) is 3.42. The number of hydroxylamine groups is 1. The SMILES string of the molecule is Cc1ccc([C@@H]2[C@@H]3C(=O)N(c4ccc(F)cc4)C(=O)[C@H]3ON2c2cccc([N+](=O)[O-])c2)cc1. The van der Waals surface area contributed by atoms with Crippen molar-refractivity contribution >= 4 is 28.9 Å². The molecule has 33 heavy (non-hydrogen) atoms. The summed E-state index contributed by atoms with van der Waals surface area (Å²) in [6.07, 6.45) is -1.12. The first-order chi connectivity index (χ1) is 15.8. The van der Waals surface area contributed by atoms with Crippen molar-refractivity contribution < 1.29 is 23.7 Å². The highest BCUT2D eigenvalue weighted by Crippen LogP contribution is 2.48. The number of imide groups is 1. The Labute approximate surface area is 187 Å². The molecule has 0 spiro atoms. The highest BCUT2D eigenvalue weighted by molar-refractivity contribution is 6.23. The maximum Gasteiger partial charge on any atom is 0.271 e. The van der Waals surface area contributed by atoms with Crippen LogP contribution in [0.5, 0.6) is 0 Å². The molecule has 0 N–H and O–H groups in total. The van der Waals surface area contributed by atoms with Gasteiger partial charge in [-0.2, -0.15) is 0 Å². The van der Waals surface area contributed by atoms with E-state index < -0.39 is 40.6 Å². The molecule has 9 heteroatoms. The third-order valence-electron chi connectivity index (χ3n) is 5.91. The van der Waals surface area contributed by atoms with Crippen LogP contribution in [0.3, 0.4) is 0 Å². The minimum Gasteiger partial charge on any atom is -0.273 e. The molecule has 166 valence electrons. The molecule has 2 aliphatic rings. The summed E-state index contributed by atoms with van der Waals surface area (Å²) >= 11 is 0. The zero-order chi connectivity index (χ0) is 23.3. The Morgan fingerprint density at radius 2 is 1.64 bits per heavy atom. The van der Waals surface area contributed by atoms with Gasteiger partial charge in [0.05, 0.1) is 22.3 Å². The zero-order valence-electron chi connectivity index (χ0n) is 17.4. The van der Waals surface area contributed by atoms with Gasteiger partial charge in [-0.05, 0) is 42.8 Å². The van der Waals surface area contributed by atoms with Crippen LogP contribution in [0.2, 0.25) is 0 Å². The van der Waals surface area contributed by atoms with Gasteiger partial charge in [-0.15, -0.1) is 0 Å². The average Bonchev–Trinajstić information content (AvgIpc) is 3.31. The van der Waals surface area contributed by atoms with Gasteiger partial charge >= 0.3 is 0 Å². The van der Waals surface area contributed by atoms with Crippen molar-refractivity contribution in [3.63, 3.8) is 0 Å². The molecular weight excluding hydrogens is 429 g/mol. The number of carbonyl (C=O) groups is 2. The van der Waals surface area contributed by atoms with Crippen LogP contribution in [0.25, 0.3) is 0 Å². The highest BCUT2D eigenvalue weighted by Gasteiger charge is 2.60. The lowest BCUT2D eigenvalue weighted by Crippen LogP contribution is -2.37. The quantitative estimate of drug-likeness (QED) is 0.340. The first-order valence-electron chi connectivity index (χ1n) is 10.3. The molecule has 0 radical (unpaired) electrons. The second kappa shape index (κ2) is 7.79. The number of nitrogens with zero attached hydrogens (tertiary/aromatic N) is 3. The molecule has 2 heterocycles. The van der Waals surface area contributed by atoms with E-state index in [1.807, 2.05) is 31.2 Å². The van der Waals surface area contributed by atoms with Crippen molar-refractivity contribution in [2.24, 2.45) is 5.92 Å². The summed E-state index contributed by atoms with van der Waals surface area (Å²) in [5, 5.41) is 12.7. The summed E-state index contributed by atoms with van der Waals surface area (Å²) in [7, 11) is 0. The van der Waals surface area contributed by atoms with Gasteiger partial charge in [0.25, 0.3) is 11.6 Å². The lowest BCUT2D eigenvalue weighted by Gasteiger charge is -2.28. The fraction of sp³-hybridized carbons (Fsp3) is 0.167. The van der Waals surface area contributed by atoms with Crippen LogP contribution in [-0.2, 0) is 14.4 Å². The lowest BCUT2D eigenvalue weighted by atomic mass is 9.90. The molecule has 0 bridgehead atoms. The van der Waals surface area contributed by atoms with Crippen LogP contribution in [-0.4, -0.2) is 22.8 Å². The number of benzene rings is 3. The molecule has 2 aliphatic heterocycles. The van der Waals surface area contributed by atoms with Gasteiger partial charge in [0, 0.05) is 12.1 Å². The Hall–Kier alpha value is -4.11. The van der Waals surface area contributed by atoms with Gasteiger partial charge in [-0.25, -0.2) is 14.4 Å². The summed E-state index contributed by atoms with van der Waals surface area (Å²) in [6, 6.07) is 17.7. The van der Waals surface area contributed by atoms with E-state index in [0.29, 0.717) is 5.69 Å². The summed E-state index contributed by atoms with van der Waals surface area (Å²) < 4.78 is 13.4. The molecule has 8 nitrogen and oxygen atoms in total. The molecule has 0 aromatic heterocycles. The summed E-state index contributed by atoms with van der Waals surface area (Å²) in [5.41, 5.74) is 2.22. The van der Waals surface area contributed by atoms with Gasteiger partial charge in [0.2, 0.25) is 5.91 Å². The topological polar surface area (TPSA) is 93.0 Å². The normalized spacial score (nSPS) is 22.1. The number of halogens is 1. The van der Waals surface area contributed by atoms with Crippen molar-refractivity contribution in [1.82, 2.24) is 0 Å². The highest BCUT2D eigenvalue weighted by atomic mass is 19.1. The Balaban J connectivity index is 1.59. The smallest absolute Gasteiger partial charge is 0.271 e. The lowest BCUT2D eigenvalue weighted by molar-refractivity contribution is -0.384. The van der Waals surface area contributed by atoms with E-state index in [-0.39, 0.29) is 11.4 Å². The van der Waals surface area contributed by atoms with Crippen LogP contribution < -0.4 is 9.96 Å². The maximum absolute atomic E-state index is 13.5. The van der Waals surface area contributed by atoms with E-state index in [1.54, 1.807) is 6.07 Å². The van der Waals surface area contributed by atoms with E-state index in [0.717, 1.165) is 16.0 Å². The second-order valence-corrected chi connectivity index (χ2v) is 8.00. The number of hydrogen-bond donors (Lipinski definition) is 0. The number of fused-ring (bicyclic) bond motifs is 1. The number of nitro benzene ring substituents is 1. The first-order valence-corrected chi connectivity index (χ1v) is 10.3. The Morgan fingerprint density at radius 3 is 2.30 bits per heavy atom. The minimum absolute atomic E-state index is 0.138. The van der Waals surface area contributed by atoms with Crippen molar-refractivity contribution in [2.75, 3.05) is 9.96 Å². The van der Waals surface area contributed by atoms with Crippen LogP contribution >= 0.6 is 0 Å². The standard InChI is InChI=1S/C24H18FN3O5/c1-14-5-7-15(8-6-14)21-20-22(33-27(21)18-3-2-4-19(13-18)28(31)32)24(30)26(23(20)29)17-11-9-16(25)10-12-17/h2-13,20-22H,1H3/t20-,21+,22-/m0/s1. The molecular formula is C24H18FN3O5. The van der Waals surface area contributed by atoms with E-state index in [2.05, 4.69) is 0 Å². The molecule has 5 rings (SSSR count). The van der Waals surface area contributed by atoms with E-state index >= 15 is 0 Å². The Kier molecular flexibility index (Phi) is 4.90. The van der Waals surface area contributed by atoms with Gasteiger partial charge < -0.3 is 0 Å². The molecule has 3 aromatic rings. The van der Waals surface area contributed by atoms with Crippen molar-refractivity contribution in [1.29, 1.82) is 0 Å². The molecule has 3 aromatic carbocycles. The summed E-state index contributed by atoms with van der Waals surface area (Å²) in [4.78, 5) is 44.5. The molecule has 2 saturated heterocycles. The fourth-order valence-corrected chi connectivity index (χ4v) is 4.33. The minimum atomic E-state index is -1.12. The molecule has 3 atom stereocenters. The number of rotatable bonds is 4. The van der Waals surface area contributed by atoms with Crippen LogP contribution in [0.4, 0.5) is 21.5 Å². The number of nitro groups is 1. The molecule has 2 fully saturated rings.